The molecule has 0 aliphatic heterocycles. The summed E-state index contributed by atoms with van der Waals surface area (Å²) < 4.78 is 16.8. The van der Waals surface area contributed by atoms with Crippen LogP contribution >= 0.6 is 0 Å². The van der Waals surface area contributed by atoms with Crippen LogP contribution in [0.5, 0.6) is 0 Å². The standard InChI is InChI=1S/C57H98O6/c1-4-7-10-13-16-19-22-24-26-27-28-29-31-33-36-39-42-45-48-51-57(60)63-54(52-61-55(58)49-46-43-40-37-34-21-18-15-12-9-6-3)53-62-56(59)50-47-44-41-38-35-32-30-25-23-20-17-14-11-8-5-2/h8,11,16-17,19-20,24-26,30,35,38,54H,4-7,9-10,12-15,18,21-23,27-29,31-34,36-37,39-53H2,1-3H3/b11-8-,19-16-,20-17-,26-24-,30-25-,38-35-/t54-/m0/s1. The van der Waals surface area contributed by atoms with Crippen LogP contribution in [0.25, 0.3) is 0 Å². The van der Waals surface area contributed by atoms with E-state index >= 15 is 0 Å². The number of rotatable bonds is 47. The van der Waals surface area contributed by atoms with E-state index in [2.05, 4.69) is 93.7 Å². The Morgan fingerprint density at radius 3 is 1.03 bits per heavy atom. The van der Waals surface area contributed by atoms with Crippen LogP contribution in [-0.4, -0.2) is 37.2 Å². The summed E-state index contributed by atoms with van der Waals surface area (Å²) in [4.78, 5) is 38.0. The molecule has 63 heavy (non-hydrogen) atoms. The lowest BCUT2D eigenvalue weighted by Gasteiger charge is -2.18. The molecule has 0 aromatic carbocycles. The number of ether oxygens (including phenoxy) is 3. The molecule has 0 N–H and O–H groups in total. The quantitative estimate of drug-likeness (QED) is 0.0262. The number of unbranched alkanes of at least 4 members (excludes halogenated alkanes) is 24. The van der Waals surface area contributed by atoms with E-state index in [-0.39, 0.29) is 31.1 Å². The Bertz CT molecular complexity index is 1190. The normalized spacial score (nSPS) is 12.6. The van der Waals surface area contributed by atoms with Gasteiger partial charge in [0.1, 0.15) is 13.2 Å². The first-order chi connectivity index (χ1) is 31.0. The Kier molecular flexibility index (Phi) is 48.9. The highest BCUT2D eigenvalue weighted by Crippen LogP contribution is 2.15. The lowest BCUT2D eigenvalue weighted by Crippen LogP contribution is -2.30. The molecule has 0 rings (SSSR count). The molecule has 0 saturated carbocycles. The van der Waals surface area contributed by atoms with Crippen LogP contribution in [0.15, 0.2) is 72.9 Å². The highest BCUT2D eigenvalue weighted by Gasteiger charge is 2.19. The Morgan fingerprint density at radius 1 is 0.333 bits per heavy atom. The smallest absolute Gasteiger partial charge is 0.306 e. The van der Waals surface area contributed by atoms with Crippen LogP contribution in [0.3, 0.4) is 0 Å². The molecule has 6 nitrogen and oxygen atoms in total. The van der Waals surface area contributed by atoms with Crippen molar-refractivity contribution in [3.63, 3.8) is 0 Å². The predicted molar refractivity (Wildman–Crippen MR) is 270 cm³/mol. The van der Waals surface area contributed by atoms with E-state index in [9.17, 15) is 14.4 Å². The van der Waals surface area contributed by atoms with Gasteiger partial charge in [-0.1, -0.05) is 216 Å². The van der Waals surface area contributed by atoms with Gasteiger partial charge in [0.2, 0.25) is 0 Å². The van der Waals surface area contributed by atoms with Crippen molar-refractivity contribution in [1.29, 1.82) is 0 Å². The maximum atomic E-state index is 12.8. The Hall–Kier alpha value is -3.15. The summed E-state index contributed by atoms with van der Waals surface area (Å²) in [6.07, 6.45) is 64.6. The van der Waals surface area contributed by atoms with Gasteiger partial charge in [0.15, 0.2) is 6.10 Å². The summed E-state index contributed by atoms with van der Waals surface area (Å²) in [7, 11) is 0. The molecule has 0 aliphatic carbocycles. The maximum Gasteiger partial charge on any atom is 0.306 e. The third-order valence-corrected chi connectivity index (χ3v) is 11.2. The summed E-state index contributed by atoms with van der Waals surface area (Å²) in [6, 6.07) is 0. The summed E-state index contributed by atoms with van der Waals surface area (Å²) in [5.74, 6) is -0.934. The van der Waals surface area contributed by atoms with Gasteiger partial charge in [-0.25, -0.2) is 0 Å². The first-order valence-corrected chi connectivity index (χ1v) is 26.4. The first kappa shape index (κ1) is 59.9. The zero-order valence-electron chi connectivity index (χ0n) is 41.3. The third kappa shape index (κ3) is 49.7. The number of carbonyl (C=O) groups is 3. The summed E-state index contributed by atoms with van der Waals surface area (Å²) in [6.45, 7) is 6.46. The van der Waals surface area contributed by atoms with E-state index in [1.807, 2.05) is 0 Å². The number of hydrogen-bond acceptors (Lipinski definition) is 6. The number of esters is 3. The van der Waals surface area contributed by atoms with Crippen molar-refractivity contribution in [3.05, 3.63) is 72.9 Å². The van der Waals surface area contributed by atoms with Gasteiger partial charge in [-0.05, 0) is 89.9 Å². The SMILES string of the molecule is CC/C=C\C/C=C\C/C=C\C/C=C\CCCCC(=O)OC[C@H](COC(=O)CCCCCCCCCCCCC)OC(=O)CCCCCCCCCCC/C=C\C/C=C\CCCCC. The fraction of sp³-hybridized carbons (Fsp3) is 0.737. The van der Waals surface area contributed by atoms with Crippen molar-refractivity contribution in [2.75, 3.05) is 13.2 Å². The third-order valence-electron chi connectivity index (χ3n) is 11.2. The molecule has 0 unspecified atom stereocenters. The van der Waals surface area contributed by atoms with Gasteiger partial charge in [0, 0.05) is 19.3 Å². The molecule has 0 aromatic heterocycles. The minimum Gasteiger partial charge on any atom is -0.462 e. The van der Waals surface area contributed by atoms with Gasteiger partial charge in [0.25, 0.3) is 0 Å². The van der Waals surface area contributed by atoms with Crippen LogP contribution in [0, 0.1) is 0 Å². The molecule has 0 heterocycles. The van der Waals surface area contributed by atoms with Crippen molar-refractivity contribution in [2.24, 2.45) is 0 Å². The van der Waals surface area contributed by atoms with Gasteiger partial charge >= 0.3 is 17.9 Å². The second-order valence-corrected chi connectivity index (χ2v) is 17.4. The zero-order chi connectivity index (χ0) is 45.8. The van der Waals surface area contributed by atoms with E-state index in [1.54, 1.807) is 0 Å². The van der Waals surface area contributed by atoms with E-state index in [0.29, 0.717) is 19.3 Å². The highest BCUT2D eigenvalue weighted by molar-refractivity contribution is 5.71. The average Bonchev–Trinajstić information content (AvgIpc) is 3.28. The average molecular weight is 879 g/mol. The molecule has 362 valence electrons. The van der Waals surface area contributed by atoms with E-state index in [4.69, 9.17) is 14.2 Å². The van der Waals surface area contributed by atoms with Crippen LogP contribution in [0.1, 0.15) is 252 Å². The Morgan fingerprint density at radius 2 is 0.619 bits per heavy atom. The molecular formula is C57H98O6. The van der Waals surface area contributed by atoms with Crippen molar-refractivity contribution in [1.82, 2.24) is 0 Å². The largest absolute Gasteiger partial charge is 0.462 e. The second-order valence-electron chi connectivity index (χ2n) is 17.4. The fourth-order valence-corrected chi connectivity index (χ4v) is 7.23. The van der Waals surface area contributed by atoms with Gasteiger partial charge in [-0.15, -0.1) is 0 Å². The van der Waals surface area contributed by atoms with Crippen LogP contribution in [0.4, 0.5) is 0 Å². The van der Waals surface area contributed by atoms with Crippen molar-refractivity contribution in [3.8, 4) is 0 Å². The van der Waals surface area contributed by atoms with Gasteiger partial charge in [-0.3, -0.25) is 14.4 Å². The molecule has 1 atom stereocenters. The van der Waals surface area contributed by atoms with Gasteiger partial charge in [-0.2, -0.15) is 0 Å². The molecule has 0 bridgehead atoms. The molecular weight excluding hydrogens is 781 g/mol. The lowest BCUT2D eigenvalue weighted by atomic mass is 10.1. The van der Waals surface area contributed by atoms with Crippen molar-refractivity contribution in [2.45, 2.75) is 258 Å². The van der Waals surface area contributed by atoms with E-state index < -0.39 is 6.10 Å². The maximum absolute atomic E-state index is 12.8. The fourth-order valence-electron chi connectivity index (χ4n) is 7.23. The number of hydrogen-bond donors (Lipinski definition) is 0. The highest BCUT2D eigenvalue weighted by atomic mass is 16.6. The minimum atomic E-state index is -0.792. The molecule has 6 heteroatoms. The Labute approximate surface area is 389 Å². The molecule has 0 spiro atoms. The van der Waals surface area contributed by atoms with Gasteiger partial charge in [0.05, 0.1) is 0 Å². The monoisotopic (exact) mass is 879 g/mol. The minimum absolute atomic E-state index is 0.0887. The van der Waals surface area contributed by atoms with Crippen LogP contribution < -0.4 is 0 Å². The molecule has 0 aliphatic rings. The van der Waals surface area contributed by atoms with E-state index in [1.165, 1.54) is 122 Å². The summed E-state index contributed by atoms with van der Waals surface area (Å²) in [5, 5.41) is 0. The molecule has 0 radical (unpaired) electrons. The van der Waals surface area contributed by atoms with Gasteiger partial charge < -0.3 is 14.2 Å². The molecule has 0 aromatic rings. The summed E-state index contributed by atoms with van der Waals surface area (Å²) >= 11 is 0. The van der Waals surface area contributed by atoms with Crippen LogP contribution in [-0.2, 0) is 28.6 Å². The van der Waals surface area contributed by atoms with E-state index in [0.717, 1.165) is 89.9 Å². The van der Waals surface area contributed by atoms with Crippen molar-refractivity contribution >= 4 is 17.9 Å². The van der Waals surface area contributed by atoms with Crippen LogP contribution in [0.2, 0.25) is 0 Å². The lowest BCUT2D eigenvalue weighted by molar-refractivity contribution is -0.167. The zero-order valence-corrected chi connectivity index (χ0v) is 41.3. The second kappa shape index (κ2) is 51.5. The first-order valence-electron chi connectivity index (χ1n) is 26.4. The molecule has 0 fully saturated rings. The topological polar surface area (TPSA) is 78.9 Å². The number of carbonyl (C=O) groups excluding carboxylic acids is 3. The van der Waals surface area contributed by atoms with Crippen molar-refractivity contribution < 1.29 is 28.6 Å². The summed E-state index contributed by atoms with van der Waals surface area (Å²) in [5.41, 5.74) is 0. The Balaban J connectivity index is 4.41. The number of allylic oxidation sites excluding steroid dienone is 12. The molecule has 0 amide bonds. The molecule has 0 saturated heterocycles. The predicted octanol–water partition coefficient (Wildman–Crippen LogP) is 17.4.